The van der Waals surface area contributed by atoms with E-state index in [0.717, 1.165) is 5.56 Å². The Morgan fingerprint density at radius 3 is 2.43 bits per heavy atom. The van der Waals surface area contributed by atoms with Crippen molar-refractivity contribution in [2.45, 2.75) is 19.9 Å². The summed E-state index contributed by atoms with van der Waals surface area (Å²) >= 11 is 0. The van der Waals surface area contributed by atoms with E-state index in [0.29, 0.717) is 0 Å². The molecule has 0 saturated heterocycles. The molecular weight excluding hydrogens is 180 g/mol. The normalized spacial score (nSPS) is 13.6. The van der Waals surface area contributed by atoms with Gasteiger partial charge in [0, 0.05) is 18.4 Å². The van der Waals surface area contributed by atoms with Gasteiger partial charge < -0.3 is 10.8 Å². The number of rotatable bonds is 3. The minimum Gasteiger partial charge on any atom is -0.481 e. The lowest BCUT2D eigenvalue weighted by Gasteiger charge is -2.27. The lowest BCUT2D eigenvalue weighted by Crippen LogP contribution is -2.36. The van der Waals surface area contributed by atoms with Crippen molar-refractivity contribution in [1.29, 1.82) is 0 Å². The van der Waals surface area contributed by atoms with Gasteiger partial charge in [-0.05, 0) is 31.5 Å². The lowest BCUT2D eigenvalue weighted by molar-refractivity contribution is -0.148. The van der Waals surface area contributed by atoms with Crippen LogP contribution in [-0.4, -0.2) is 16.1 Å². The Morgan fingerprint density at radius 1 is 1.50 bits per heavy atom. The van der Waals surface area contributed by atoms with Crippen LogP contribution >= 0.6 is 0 Å². The molecule has 0 saturated carbocycles. The Kier molecular flexibility index (Phi) is 2.86. The Labute approximate surface area is 82.8 Å². The van der Waals surface area contributed by atoms with Gasteiger partial charge in [0.2, 0.25) is 0 Å². The van der Waals surface area contributed by atoms with E-state index in [2.05, 4.69) is 4.98 Å². The third-order valence-electron chi connectivity index (χ3n) is 2.39. The van der Waals surface area contributed by atoms with Crippen molar-refractivity contribution in [3.05, 3.63) is 30.1 Å². The van der Waals surface area contributed by atoms with Gasteiger partial charge >= 0.3 is 5.97 Å². The molecule has 0 spiro atoms. The largest absolute Gasteiger partial charge is 0.481 e. The van der Waals surface area contributed by atoms with Crippen LogP contribution in [0, 0.1) is 5.41 Å². The molecule has 14 heavy (non-hydrogen) atoms. The predicted molar refractivity (Wildman–Crippen MR) is 52.6 cm³/mol. The van der Waals surface area contributed by atoms with Crippen LogP contribution in [0.5, 0.6) is 0 Å². The van der Waals surface area contributed by atoms with Crippen molar-refractivity contribution in [1.82, 2.24) is 4.98 Å². The molecular formula is C10H14N2O2. The van der Waals surface area contributed by atoms with Gasteiger partial charge in [-0.15, -0.1) is 0 Å². The number of carbonyl (C=O) groups is 1. The molecule has 0 aliphatic carbocycles. The summed E-state index contributed by atoms with van der Waals surface area (Å²) in [7, 11) is 0. The summed E-state index contributed by atoms with van der Waals surface area (Å²) < 4.78 is 0. The van der Waals surface area contributed by atoms with Crippen LogP contribution in [0.3, 0.4) is 0 Å². The van der Waals surface area contributed by atoms with Gasteiger partial charge in [-0.2, -0.15) is 0 Å². The summed E-state index contributed by atoms with van der Waals surface area (Å²) in [6.45, 7) is 3.22. The van der Waals surface area contributed by atoms with Gasteiger partial charge in [0.25, 0.3) is 0 Å². The zero-order valence-corrected chi connectivity index (χ0v) is 8.27. The molecule has 1 aromatic rings. The monoisotopic (exact) mass is 194 g/mol. The van der Waals surface area contributed by atoms with E-state index < -0.39 is 17.4 Å². The van der Waals surface area contributed by atoms with E-state index in [1.165, 1.54) is 0 Å². The summed E-state index contributed by atoms with van der Waals surface area (Å²) in [6.07, 6.45) is 3.21. The topological polar surface area (TPSA) is 76.2 Å². The van der Waals surface area contributed by atoms with Crippen LogP contribution in [0.2, 0.25) is 0 Å². The highest BCUT2D eigenvalue weighted by Crippen LogP contribution is 2.30. The van der Waals surface area contributed by atoms with Gasteiger partial charge in [0.15, 0.2) is 0 Å². The molecule has 0 aliphatic heterocycles. The van der Waals surface area contributed by atoms with Crippen molar-refractivity contribution in [2.24, 2.45) is 11.1 Å². The molecule has 4 nitrogen and oxygen atoms in total. The average molecular weight is 194 g/mol. The quantitative estimate of drug-likeness (QED) is 0.757. The summed E-state index contributed by atoms with van der Waals surface area (Å²) in [5, 5.41) is 8.98. The first-order valence-electron chi connectivity index (χ1n) is 4.35. The molecule has 76 valence electrons. The Balaban J connectivity index is 2.96. The van der Waals surface area contributed by atoms with E-state index in [1.54, 1.807) is 38.4 Å². The smallest absolute Gasteiger partial charge is 0.311 e. The number of aromatic nitrogens is 1. The maximum Gasteiger partial charge on any atom is 0.311 e. The third kappa shape index (κ3) is 1.90. The number of carboxylic acid groups (broad SMARTS) is 1. The molecule has 0 amide bonds. The molecule has 0 fully saturated rings. The van der Waals surface area contributed by atoms with Gasteiger partial charge in [-0.25, -0.2) is 0 Å². The zero-order valence-electron chi connectivity index (χ0n) is 8.27. The first kappa shape index (κ1) is 10.7. The highest BCUT2D eigenvalue weighted by atomic mass is 16.4. The second-order valence-electron chi connectivity index (χ2n) is 3.79. The fraction of sp³-hybridized carbons (Fsp3) is 0.400. The van der Waals surface area contributed by atoms with E-state index in [-0.39, 0.29) is 0 Å². The second-order valence-corrected chi connectivity index (χ2v) is 3.79. The molecule has 0 aromatic carbocycles. The Morgan fingerprint density at radius 2 is 2.00 bits per heavy atom. The number of aliphatic carboxylic acids is 1. The van der Waals surface area contributed by atoms with Crippen molar-refractivity contribution in [3.8, 4) is 0 Å². The predicted octanol–water partition coefficient (Wildman–Crippen LogP) is 1.19. The molecule has 0 aliphatic rings. The first-order chi connectivity index (χ1) is 6.46. The molecule has 4 heteroatoms. The maximum absolute atomic E-state index is 10.9. The highest BCUT2D eigenvalue weighted by molar-refractivity contribution is 5.74. The molecule has 3 N–H and O–H groups in total. The molecule has 0 bridgehead atoms. The van der Waals surface area contributed by atoms with Crippen molar-refractivity contribution in [3.63, 3.8) is 0 Å². The number of nitrogens with zero attached hydrogens (tertiary/aromatic N) is 1. The van der Waals surface area contributed by atoms with Gasteiger partial charge in [0.05, 0.1) is 5.41 Å². The Bertz CT molecular complexity index is 322. The fourth-order valence-corrected chi connectivity index (χ4v) is 1.12. The number of carboxylic acids is 1. The maximum atomic E-state index is 10.9. The van der Waals surface area contributed by atoms with E-state index in [4.69, 9.17) is 10.8 Å². The van der Waals surface area contributed by atoms with Crippen LogP contribution in [0.4, 0.5) is 0 Å². The fourth-order valence-electron chi connectivity index (χ4n) is 1.12. The minimum absolute atomic E-state index is 0.525. The molecule has 1 atom stereocenters. The molecule has 0 unspecified atom stereocenters. The Hall–Kier alpha value is -1.42. The number of hydrogen-bond acceptors (Lipinski definition) is 3. The molecule has 1 aromatic heterocycles. The number of nitrogens with two attached hydrogens (primary N) is 1. The van der Waals surface area contributed by atoms with Crippen molar-refractivity contribution >= 4 is 5.97 Å². The zero-order chi connectivity index (χ0) is 10.8. The van der Waals surface area contributed by atoms with Gasteiger partial charge in [0.1, 0.15) is 0 Å². The standard InChI is InChI=1S/C10H14N2O2/c1-10(2,9(13)14)8(11)7-3-5-12-6-4-7/h3-6,8H,11H2,1-2H3,(H,13,14)/t8-/m0/s1. The second kappa shape index (κ2) is 3.75. The van der Waals surface area contributed by atoms with Crippen LogP contribution in [-0.2, 0) is 4.79 Å². The van der Waals surface area contributed by atoms with Crippen LogP contribution < -0.4 is 5.73 Å². The summed E-state index contributed by atoms with van der Waals surface area (Å²) in [5.41, 5.74) is 5.68. The third-order valence-corrected chi connectivity index (χ3v) is 2.39. The van der Waals surface area contributed by atoms with Gasteiger partial charge in [-0.3, -0.25) is 9.78 Å². The summed E-state index contributed by atoms with van der Waals surface area (Å²) in [5.74, 6) is -0.901. The van der Waals surface area contributed by atoms with Crippen molar-refractivity contribution in [2.75, 3.05) is 0 Å². The first-order valence-corrected chi connectivity index (χ1v) is 4.35. The summed E-state index contributed by atoms with van der Waals surface area (Å²) in [4.78, 5) is 14.8. The molecule has 1 heterocycles. The SMILES string of the molecule is CC(C)(C(=O)O)[C@@H](N)c1ccncc1. The number of pyridine rings is 1. The number of hydrogen-bond donors (Lipinski definition) is 2. The average Bonchev–Trinajstić information content (AvgIpc) is 2.17. The molecule has 1 rings (SSSR count). The highest BCUT2D eigenvalue weighted by Gasteiger charge is 2.35. The van der Waals surface area contributed by atoms with Crippen LogP contribution in [0.1, 0.15) is 25.5 Å². The summed E-state index contributed by atoms with van der Waals surface area (Å²) in [6, 6.07) is 2.94. The molecule has 0 radical (unpaired) electrons. The van der Waals surface area contributed by atoms with Crippen LogP contribution in [0.25, 0.3) is 0 Å². The minimum atomic E-state index is -0.971. The van der Waals surface area contributed by atoms with E-state index in [1.807, 2.05) is 0 Å². The van der Waals surface area contributed by atoms with Gasteiger partial charge in [-0.1, -0.05) is 0 Å². The van der Waals surface area contributed by atoms with E-state index >= 15 is 0 Å². The van der Waals surface area contributed by atoms with Crippen LogP contribution in [0.15, 0.2) is 24.5 Å². The van der Waals surface area contributed by atoms with Crippen molar-refractivity contribution < 1.29 is 9.90 Å². The lowest BCUT2D eigenvalue weighted by atomic mass is 9.81. The van der Waals surface area contributed by atoms with E-state index in [9.17, 15) is 4.79 Å².